The second kappa shape index (κ2) is 5.07. The van der Waals surface area contributed by atoms with Crippen LogP contribution < -0.4 is 10.3 Å². The van der Waals surface area contributed by atoms with E-state index in [9.17, 15) is 4.79 Å². The van der Waals surface area contributed by atoms with Gasteiger partial charge in [0.05, 0.1) is 5.52 Å². The van der Waals surface area contributed by atoms with Crippen molar-refractivity contribution in [1.82, 2.24) is 9.38 Å². The van der Waals surface area contributed by atoms with Gasteiger partial charge in [-0.15, -0.1) is 0 Å². The molecule has 2 aromatic heterocycles. The Morgan fingerprint density at radius 3 is 2.73 bits per heavy atom. The molecule has 0 bridgehead atoms. The normalized spacial score (nSPS) is 11.1. The molecule has 0 spiro atoms. The Hall–Kier alpha value is -3.01. The van der Waals surface area contributed by atoms with E-state index in [0.29, 0.717) is 12.1 Å². The Morgan fingerprint density at radius 1 is 1.00 bits per heavy atom. The molecule has 0 amide bonds. The van der Waals surface area contributed by atoms with Gasteiger partial charge in [0.1, 0.15) is 17.9 Å². The van der Waals surface area contributed by atoms with Crippen molar-refractivity contribution in [3.8, 4) is 5.75 Å². The van der Waals surface area contributed by atoms with E-state index in [4.69, 9.17) is 4.74 Å². The van der Waals surface area contributed by atoms with Crippen LogP contribution in [0, 0.1) is 0 Å². The molecule has 22 heavy (non-hydrogen) atoms. The lowest BCUT2D eigenvalue weighted by Crippen LogP contribution is -2.06. The molecule has 4 aromatic rings. The van der Waals surface area contributed by atoms with Crippen LogP contribution in [0.15, 0.2) is 71.8 Å². The molecule has 0 aliphatic carbocycles. The molecular weight excluding hydrogens is 276 g/mol. The molecule has 0 aliphatic heterocycles. The van der Waals surface area contributed by atoms with Gasteiger partial charge in [-0.2, -0.15) is 0 Å². The fourth-order valence-electron chi connectivity index (χ4n) is 2.63. The lowest BCUT2D eigenvalue weighted by Gasteiger charge is -2.06. The maximum atomic E-state index is 11.8. The van der Waals surface area contributed by atoms with E-state index in [1.165, 1.54) is 0 Å². The van der Waals surface area contributed by atoms with Crippen molar-refractivity contribution < 1.29 is 4.74 Å². The first kappa shape index (κ1) is 12.7. The third-order valence-corrected chi connectivity index (χ3v) is 3.73. The number of benzene rings is 2. The van der Waals surface area contributed by atoms with Crippen LogP contribution in [0.25, 0.3) is 16.4 Å². The Kier molecular flexibility index (Phi) is 2.93. The van der Waals surface area contributed by atoms with E-state index in [2.05, 4.69) is 4.98 Å². The van der Waals surface area contributed by atoms with E-state index in [1.54, 1.807) is 6.20 Å². The van der Waals surface area contributed by atoms with Crippen molar-refractivity contribution in [2.24, 2.45) is 0 Å². The van der Waals surface area contributed by atoms with Gasteiger partial charge in [-0.1, -0.05) is 30.3 Å². The van der Waals surface area contributed by atoms with Gasteiger partial charge in [0, 0.05) is 23.8 Å². The minimum atomic E-state index is -0.0922. The van der Waals surface area contributed by atoms with Crippen LogP contribution in [0.5, 0.6) is 5.75 Å². The molecule has 0 radical (unpaired) electrons. The first-order valence-corrected chi connectivity index (χ1v) is 7.10. The maximum Gasteiger partial charge on any atom is 0.272 e. The Balaban J connectivity index is 1.72. The minimum absolute atomic E-state index is 0.0922. The van der Waals surface area contributed by atoms with Crippen LogP contribution in [0.4, 0.5) is 0 Å². The number of ether oxygens (including phenoxy) is 1. The summed E-state index contributed by atoms with van der Waals surface area (Å²) in [6, 6.07) is 17.8. The van der Waals surface area contributed by atoms with Gasteiger partial charge >= 0.3 is 0 Å². The van der Waals surface area contributed by atoms with Gasteiger partial charge in [-0.05, 0) is 23.8 Å². The predicted octanol–water partition coefficient (Wildman–Crippen LogP) is 3.36. The number of nitrogens with one attached hydrogen (secondary N) is 1. The van der Waals surface area contributed by atoms with Crippen LogP contribution in [0.1, 0.15) is 5.56 Å². The molecule has 4 nitrogen and oxygen atoms in total. The summed E-state index contributed by atoms with van der Waals surface area (Å²) in [6.07, 6.45) is 3.49. The van der Waals surface area contributed by atoms with E-state index in [-0.39, 0.29) is 5.56 Å². The average molecular weight is 290 g/mol. The SMILES string of the molecule is O=c1[nH]ccn2c1cc1ccc(OCc3ccccc3)cc12. The summed E-state index contributed by atoms with van der Waals surface area (Å²) in [5.74, 6) is 0.789. The minimum Gasteiger partial charge on any atom is -0.489 e. The fraction of sp³-hybridized carbons (Fsp3) is 0.0556. The van der Waals surface area contributed by atoms with Crippen LogP contribution in [-0.2, 0) is 6.61 Å². The van der Waals surface area contributed by atoms with Crippen molar-refractivity contribution in [2.45, 2.75) is 6.61 Å². The number of nitrogens with zero attached hydrogens (tertiary/aromatic N) is 1. The van der Waals surface area contributed by atoms with Gasteiger partial charge in [-0.25, -0.2) is 0 Å². The summed E-state index contributed by atoms with van der Waals surface area (Å²) >= 11 is 0. The number of hydrogen-bond donors (Lipinski definition) is 1. The van der Waals surface area contributed by atoms with E-state index in [0.717, 1.165) is 22.2 Å². The molecule has 0 aliphatic rings. The molecule has 4 rings (SSSR count). The lowest BCUT2D eigenvalue weighted by molar-refractivity contribution is 0.306. The first-order valence-electron chi connectivity index (χ1n) is 7.10. The smallest absolute Gasteiger partial charge is 0.272 e. The highest BCUT2D eigenvalue weighted by atomic mass is 16.5. The number of hydrogen-bond acceptors (Lipinski definition) is 2. The average Bonchev–Trinajstić information content (AvgIpc) is 2.94. The number of aromatic amines is 1. The van der Waals surface area contributed by atoms with Crippen LogP contribution in [0.2, 0.25) is 0 Å². The van der Waals surface area contributed by atoms with Gasteiger partial charge in [-0.3, -0.25) is 4.79 Å². The van der Waals surface area contributed by atoms with Gasteiger partial charge in [0.2, 0.25) is 0 Å². The zero-order valence-corrected chi connectivity index (χ0v) is 11.8. The van der Waals surface area contributed by atoms with Gasteiger partial charge in [0.25, 0.3) is 5.56 Å². The van der Waals surface area contributed by atoms with E-state index < -0.39 is 0 Å². The largest absolute Gasteiger partial charge is 0.489 e. The predicted molar refractivity (Wildman–Crippen MR) is 86.3 cm³/mol. The molecule has 4 heteroatoms. The van der Waals surface area contributed by atoms with Gasteiger partial charge in [0.15, 0.2) is 0 Å². The molecule has 0 atom stereocenters. The lowest BCUT2D eigenvalue weighted by atomic mass is 10.2. The summed E-state index contributed by atoms with van der Waals surface area (Å²) in [7, 11) is 0. The topological polar surface area (TPSA) is 46.5 Å². The zero-order chi connectivity index (χ0) is 14.9. The van der Waals surface area contributed by atoms with Gasteiger partial charge < -0.3 is 14.1 Å². The summed E-state index contributed by atoms with van der Waals surface area (Å²) in [5.41, 5.74) is 2.63. The standard InChI is InChI=1S/C18H14N2O2/c21-18-17-10-14-6-7-15(11-16(14)20(17)9-8-19-18)22-12-13-4-2-1-3-5-13/h1-11H,12H2,(H,19,21). The Labute approximate surface area is 126 Å². The van der Waals surface area contributed by atoms with Crippen molar-refractivity contribution in [3.63, 3.8) is 0 Å². The molecule has 1 N–H and O–H groups in total. The second-order valence-corrected chi connectivity index (χ2v) is 5.18. The second-order valence-electron chi connectivity index (χ2n) is 5.18. The molecule has 0 fully saturated rings. The molecule has 2 aromatic carbocycles. The number of H-pyrrole nitrogens is 1. The van der Waals surface area contributed by atoms with E-state index in [1.807, 2.05) is 65.2 Å². The monoisotopic (exact) mass is 290 g/mol. The van der Waals surface area contributed by atoms with Crippen molar-refractivity contribution >= 4 is 16.4 Å². The van der Waals surface area contributed by atoms with Crippen LogP contribution in [-0.4, -0.2) is 9.38 Å². The van der Waals surface area contributed by atoms with Crippen molar-refractivity contribution in [3.05, 3.63) is 82.9 Å². The molecule has 0 saturated heterocycles. The van der Waals surface area contributed by atoms with Crippen LogP contribution in [0.3, 0.4) is 0 Å². The number of fused-ring (bicyclic) bond motifs is 3. The Morgan fingerprint density at radius 2 is 1.86 bits per heavy atom. The Bertz CT molecular complexity index is 1000. The third-order valence-electron chi connectivity index (χ3n) is 3.73. The third kappa shape index (κ3) is 2.15. The highest BCUT2D eigenvalue weighted by Crippen LogP contribution is 2.24. The quantitative estimate of drug-likeness (QED) is 0.629. The highest BCUT2D eigenvalue weighted by Gasteiger charge is 2.06. The first-order chi connectivity index (χ1) is 10.8. The molecule has 2 heterocycles. The molecule has 0 unspecified atom stereocenters. The highest BCUT2D eigenvalue weighted by molar-refractivity contribution is 5.87. The zero-order valence-electron chi connectivity index (χ0n) is 11.8. The maximum absolute atomic E-state index is 11.8. The number of aromatic nitrogens is 2. The summed E-state index contributed by atoms with van der Waals surface area (Å²) < 4.78 is 7.73. The molecule has 108 valence electrons. The fourth-order valence-corrected chi connectivity index (χ4v) is 2.63. The number of rotatable bonds is 3. The van der Waals surface area contributed by atoms with Crippen molar-refractivity contribution in [2.75, 3.05) is 0 Å². The molecule has 0 saturated carbocycles. The van der Waals surface area contributed by atoms with Crippen LogP contribution >= 0.6 is 0 Å². The van der Waals surface area contributed by atoms with Crippen molar-refractivity contribution in [1.29, 1.82) is 0 Å². The summed E-state index contributed by atoms with van der Waals surface area (Å²) in [4.78, 5) is 14.5. The van der Waals surface area contributed by atoms with E-state index >= 15 is 0 Å². The molecular formula is C18H14N2O2. The summed E-state index contributed by atoms with van der Waals surface area (Å²) in [6.45, 7) is 0.524. The summed E-state index contributed by atoms with van der Waals surface area (Å²) in [5, 5.41) is 1.02.